The summed E-state index contributed by atoms with van der Waals surface area (Å²) in [7, 11) is 0. The maximum atomic E-state index is 12.5. The van der Waals surface area contributed by atoms with Crippen LogP contribution in [0.25, 0.3) is 16.8 Å². The molecule has 0 aliphatic carbocycles. The maximum absolute atomic E-state index is 12.5. The molecule has 3 rings (SSSR count). The Morgan fingerprint density at radius 2 is 1.80 bits per heavy atom. The van der Waals surface area contributed by atoms with E-state index in [1.165, 1.54) is 22.8 Å². The van der Waals surface area contributed by atoms with Gasteiger partial charge in [-0.05, 0) is 53.9 Å². The van der Waals surface area contributed by atoms with E-state index in [0.717, 1.165) is 5.56 Å². The molecular formula is C19H13N3O3. The standard InChI is InChI=1S/C19H13N3O3/c1-13-3-2-4-18(9-13)21-12-16(10-15(11-20)19(21)23)14-5-7-17(8-6-14)22(24)25/h2-10,12H,1H3. The van der Waals surface area contributed by atoms with Gasteiger partial charge in [0.25, 0.3) is 11.2 Å². The van der Waals surface area contributed by atoms with Crippen molar-refractivity contribution in [3.8, 4) is 22.9 Å². The number of nitro benzene ring substituents is 1. The van der Waals surface area contributed by atoms with Gasteiger partial charge < -0.3 is 0 Å². The van der Waals surface area contributed by atoms with E-state index in [-0.39, 0.29) is 11.3 Å². The van der Waals surface area contributed by atoms with E-state index in [2.05, 4.69) is 0 Å². The number of aryl methyl sites for hydroxylation is 1. The largest absolute Gasteiger partial charge is 0.283 e. The van der Waals surface area contributed by atoms with Gasteiger partial charge in [0.2, 0.25) is 0 Å². The number of benzene rings is 2. The normalized spacial score (nSPS) is 10.2. The minimum absolute atomic E-state index is 0.0114. The molecule has 0 radical (unpaired) electrons. The predicted molar refractivity (Wildman–Crippen MR) is 93.6 cm³/mol. The first kappa shape index (κ1) is 16.1. The first-order valence-electron chi connectivity index (χ1n) is 7.48. The molecule has 122 valence electrons. The first-order valence-corrected chi connectivity index (χ1v) is 7.48. The fourth-order valence-corrected chi connectivity index (χ4v) is 2.57. The summed E-state index contributed by atoms with van der Waals surface area (Å²) < 4.78 is 1.42. The third kappa shape index (κ3) is 3.16. The number of nitrogens with zero attached hydrogens (tertiary/aromatic N) is 3. The number of nitro groups is 1. The van der Waals surface area contributed by atoms with Crippen molar-refractivity contribution in [3.05, 3.63) is 92.4 Å². The van der Waals surface area contributed by atoms with Gasteiger partial charge in [-0.1, -0.05) is 12.1 Å². The van der Waals surface area contributed by atoms with Crippen molar-refractivity contribution in [3.63, 3.8) is 0 Å². The highest BCUT2D eigenvalue weighted by atomic mass is 16.6. The highest BCUT2D eigenvalue weighted by Crippen LogP contribution is 2.23. The molecule has 0 bridgehead atoms. The van der Waals surface area contributed by atoms with Crippen molar-refractivity contribution >= 4 is 5.69 Å². The second-order valence-electron chi connectivity index (χ2n) is 5.57. The molecule has 1 aromatic heterocycles. The number of hydrogen-bond acceptors (Lipinski definition) is 4. The molecule has 0 amide bonds. The van der Waals surface area contributed by atoms with Crippen molar-refractivity contribution < 1.29 is 4.92 Å². The molecule has 0 fully saturated rings. The Kier molecular flexibility index (Phi) is 4.14. The van der Waals surface area contributed by atoms with E-state index in [9.17, 15) is 20.2 Å². The van der Waals surface area contributed by atoms with Gasteiger partial charge in [0, 0.05) is 24.0 Å². The number of aromatic nitrogens is 1. The molecule has 2 aromatic carbocycles. The van der Waals surface area contributed by atoms with Crippen LogP contribution in [0.5, 0.6) is 0 Å². The Labute approximate surface area is 143 Å². The molecule has 0 saturated heterocycles. The lowest BCUT2D eigenvalue weighted by Gasteiger charge is -2.10. The third-order valence-electron chi connectivity index (χ3n) is 3.83. The summed E-state index contributed by atoms with van der Waals surface area (Å²) in [6, 6.07) is 16.8. The lowest BCUT2D eigenvalue weighted by atomic mass is 10.1. The van der Waals surface area contributed by atoms with E-state index in [4.69, 9.17) is 0 Å². The Morgan fingerprint density at radius 1 is 1.08 bits per heavy atom. The van der Waals surface area contributed by atoms with Gasteiger partial charge in [0.1, 0.15) is 11.6 Å². The third-order valence-corrected chi connectivity index (χ3v) is 3.83. The maximum Gasteiger partial charge on any atom is 0.273 e. The van der Waals surface area contributed by atoms with Crippen molar-refractivity contribution in [2.45, 2.75) is 6.92 Å². The average molecular weight is 331 g/mol. The van der Waals surface area contributed by atoms with Gasteiger partial charge >= 0.3 is 0 Å². The highest BCUT2D eigenvalue weighted by molar-refractivity contribution is 5.66. The van der Waals surface area contributed by atoms with Crippen LogP contribution >= 0.6 is 0 Å². The number of hydrogen-bond donors (Lipinski definition) is 0. The quantitative estimate of drug-likeness (QED) is 0.542. The van der Waals surface area contributed by atoms with E-state index in [0.29, 0.717) is 16.8 Å². The van der Waals surface area contributed by atoms with Crippen LogP contribution < -0.4 is 5.56 Å². The molecule has 6 nitrogen and oxygen atoms in total. The molecule has 0 aliphatic rings. The molecule has 0 atom stereocenters. The highest BCUT2D eigenvalue weighted by Gasteiger charge is 2.11. The van der Waals surface area contributed by atoms with E-state index >= 15 is 0 Å². The molecule has 6 heteroatoms. The Morgan fingerprint density at radius 3 is 2.40 bits per heavy atom. The second kappa shape index (κ2) is 6.42. The Hall–Kier alpha value is -3.72. The monoisotopic (exact) mass is 331 g/mol. The van der Waals surface area contributed by atoms with Crippen LogP contribution in [0.3, 0.4) is 0 Å². The topological polar surface area (TPSA) is 88.9 Å². The minimum Gasteiger partial charge on any atom is -0.283 e. The van der Waals surface area contributed by atoms with Crippen LogP contribution in [0.1, 0.15) is 11.1 Å². The van der Waals surface area contributed by atoms with Crippen LogP contribution in [-0.2, 0) is 0 Å². The Bertz CT molecular complexity index is 1060. The summed E-state index contributed by atoms with van der Waals surface area (Å²) in [6.45, 7) is 1.92. The fourth-order valence-electron chi connectivity index (χ4n) is 2.57. The lowest BCUT2D eigenvalue weighted by Crippen LogP contribution is -2.20. The number of nitriles is 1. The molecule has 0 saturated carbocycles. The Balaban J connectivity index is 2.19. The van der Waals surface area contributed by atoms with Crippen molar-refractivity contribution in [2.24, 2.45) is 0 Å². The summed E-state index contributed by atoms with van der Waals surface area (Å²) in [5.41, 5.74) is 2.55. The SMILES string of the molecule is Cc1cccc(-n2cc(-c3ccc([N+](=O)[O-])cc3)cc(C#N)c2=O)c1. The molecule has 0 unspecified atom stereocenters. The zero-order valence-corrected chi connectivity index (χ0v) is 13.3. The van der Waals surface area contributed by atoms with Crippen molar-refractivity contribution in [1.82, 2.24) is 4.57 Å². The molecule has 25 heavy (non-hydrogen) atoms. The molecule has 0 N–H and O–H groups in total. The average Bonchev–Trinajstić information content (AvgIpc) is 2.62. The fraction of sp³-hybridized carbons (Fsp3) is 0.0526. The predicted octanol–water partition coefficient (Wildman–Crippen LogP) is 3.59. The smallest absolute Gasteiger partial charge is 0.273 e. The summed E-state index contributed by atoms with van der Waals surface area (Å²) in [5.74, 6) is 0. The molecule has 1 heterocycles. The summed E-state index contributed by atoms with van der Waals surface area (Å²) >= 11 is 0. The molecule has 0 spiro atoms. The van der Waals surface area contributed by atoms with Gasteiger partial charge in [0.05, 0.1) is 4.92 Å². The second-order valence-corrected chi connectivity index (χ2v) is 5.57. The minimum atomic E-state index is -0.474. The zero-order chi connectivity index (χ0) is 18.0. The molecule has 0 aliphatic heterocycles. The molecular weight excluding hydrogens is 318 g/mol. The molecule has 3 aromatic rings. The van der Waals surface area contributed by atoms with Crippen LogP contribution in [-0.4, -0.2) is 9.49 Å². The number of non-ortho nitro benzene ring substituents is 1. The van der Waals surface area contributed by atoms with Gasteiger partial charge in [-0.25, -0.2) is 0 Å². The summed E-state index contributed by atoms with van der Waals surface area (Å²) in [6.07, 6.45) is 1.64. The van der Waals surface area contributed by atoms with Crippen LogP contribution in [0.4, 0.5) is 5.69 Å². The van der Waals surface area contributed by atoms with Crippen LogP contribution in [0, 0.1) is 28.4 Å². The first-order chi connectivity index (χ1) is 12.0. The lowest BCUT2D eigenvalue weighted by molar-refractivity contribution is -0.384. The van der Waals surface area contributed by atoms with E-state index in [1.54, 1.807) is 24.4 Å². The van der Waals surface area contributed by atoms with Gasteiger partial charge in [-0.15, -0.1) is 0 Å². The number of rotatable bonds is 3. The summed E-state index contributed by atoms with van der Waals surface area (Å²) in [5, 5.41) is 20.1. The summed E-state index contributed by atoms with van der Waals surface area (Å²) in [4.78, 5) is 22.8. The van der Waals surface area contributed by atoms with E-state index < -0.39 is 10.5 Å². The van der Waals surface area contributed by atoms with Crippen LogP contribution in [0.15, 0.2) is 65.6 Å². The van der Waals surface area contributed by atoms with Crippen LogP contribution in [0.2, 0.25) is 0 Å². The van der Waals surface area contributed by atoms with Gasteiger partial charge in [-0.3, -0.25) is 19.5 Å². The van der Waals surface area contributed by atoms with Gasteiger partial charge in [-0.2, -0.15) is 5.26 Å². The zero-order valence-electron chi connectivity index (χ0n) is 13.3. The number of pyridine rings is 1. The van der Waals surface area contributed by atoms with Crippen molar-refractivity contribution in [1.29, 1.82) is 5.26 Å². The van der Waals surface area contributed by atoms with Gasteiger partial charge in [0.15, 0.2) is 0 Å². The van der Waals surface area contributed by atoms with Crippen molar-refractivity contribution in [2.75, 3.05) is 0 Å². The van der Waals surface area contributed by atoms with E-state index in [1.807, 2.05) is 31.2 Å².